The third-order valence-corrected chi connectivity index (χ3v) is 5.91. The third-order valence-electron chi connectivity index (χ3n) is 5.91. The molecule has 0 amide bonds. The molecule has 1 N–H and O–H groups in total. The van der Waals surface area contributed by atoms with E-state index in [1.165, 1.54) is 26.3 Å². The fourth-order valence-electron chi connectivity index (χ4n) is 4.40. The zero-order chi connectivity index (χ0) is 27.1. The summed E-state index contributed by atoms with van der Waals surface area (Å²) in [6.07, 6.45) is 0.936. The first kappa shape index (κ1) is 27.9. The van der Waals surface area contributed by atoms with Gasteiger partial charge in [0.1, 0.15) is 6.26 Å². The zero-order valence-electron chi connectivity index (χ0n) is 21.3. The molecule has 37 heavy (non-hydrogen) atoms. The lowest BCUT2D eigenvalue weighted by atomic mass is 9.89. The number of hydrogen-bond donors (Lipinski definition) is 1. The minimum atomic E-state index is -1.33. The number of carbonyl (C=O) groups excluding carboxylic acids is 4. The van der Waals surface area contributed by atoms with Crippen molar-refractivity contribution in [3.05, 3.63) is 53.0 Å². The molecule has 1 aliphatic carbocycles. The number of benzene rings is 1. The molecule has 1 aliphatic heterocycles. The van der Waals surface area contributed by atoms with Crippen LogP contribution in [0.3, 0.4) is 0 Å². The molecular formula is C27H32O10. The van der Waals surface area contributed by atoms with Crippen LogP contribution in [0.5, 0.6) is 0 Å². The van der Waals surface area contributed by atoms with E-state index >= 15 is 0 Å². The largest absolute Gasteiger partial charge is 0.479 e. The van der Waals surface area contributed by atoms with E-state index < -0.39 is 48.3 Å². The number of hydrogen-bond acceptors (Lipinski definition) is 10. The summed E-state index contributed by atoms with van der Waals surface area (Å²) in [4.78, 5) is 47.4. The molecule has 0 unspecified atom stereocenters. The molecule has 0 aromatic heterocycles. The highest BCUT2D eigenvalue weighted by Gasteiger charge is 2.51. The number of aliphatic hydroxyl groups is 1. The summed E-state index contributed by atoms with van der Waals surface area (Å²) in [5.74, 6) is -2.82. The van der Waals surface area contributed by atoms with Gasteiger partial charge < -0.3 is 28.8 Å². The molecule has 2 fully saturated rings. The van der Waals surface area contributed by atoms with Crippen LogP contribution in [-0.4, -0.2) is 53.4 Å². The molecule has 10 nitrogen and oxygen atoms in total. The fraction of sp³-hybridized carbons (Fsp3) is 0.481. The number of carbonyl (C=O) groups is 4. The molecule has 200 valence electrons. The average Bonchev–Trinajstić information content (AvgIpc) is 2.81. The monoisotopic (exact) mass is 516 g/mol. The van der Waals surface area contributed by atoms with E-state index in [0.717, 1.165) is 31.6 Å². The van der Waals surface area contributed by atoms with Gasteiger partial charge in [-0.25, -0.2) is 0 Å². The van der Waals surface area contributed by atoms with Gasteiger partial charge in [0.2, 0.25) is 6.10 Å². The van der Waals surface area contributed by atoms with Crippen LogP contribution in [0.15, 0.2) is 41.9 Å². The summed E-state index contributed by atoms with van der Waals surface area (Å²) in [5.41, 5.74) is 2.65. The standard InChI is InChI=1S/C27H32O10/c1-15(28)33-14-23-25(34-16(2)29)27(36-18(4)31)26(35-17(3)30)24(37-23)21-7-5-6-20(13-21)12-19-8-10-22(32)11-9-19/h5-7,12-14,22,24-27,32H,8-11H2,1-4H3/b19-12?,23-14-/t22?,24-,25+,26-,27-/m0/s1. The Bertz CT molecular complexity index is 1080. The second-order valence-corrected chi connectivity index (χ2v) is 9.05. The van der Waals surface area contributed by atoms with E-state index in [4.69, 9.17) is 23.7 Å². The first-order valence-electron chi connectivity index (χ1n) is 12.1. The van der Waals surface area contributed by atoms with Gasteiger partial charge in [-0.3, -0.25) is 19.2 Å². The quantitative estimate of drug-likeness (QED) is 0.341. The van der Waals surface area contributed by atoms with Crippen LogP contribution in [0, 0.1) is 0 Å². The van der Waals surface area contributed by atoms with Gasteiger partial charge in [0.05, 0.1) is 6.10 Å². The van der Waals surface area contributed by atoms with Crippen LogP contribution >= 0.6 is 0 Å². The van der Waals surface area contributed by atoms with Crippen molar-refractivity contribution in [2.24, 2.45) is 0 Å². The van der Waals surface area contributed by atoms with Crippen LogP contribution in [0.25, 0.3) is 6.08 Å². The van der Waals surface area contributed by atoms with Crippen LogP contribution in [0.1, 0.15) is 70.6 Å². The Labute approximate surface area is 215 Å². The van der Waals surface area contributed by atoms with Crippen molar-refractivity contribution >= 4 is 30.0 Å². The van der Waals surface area contributed by atoms with E-state index in [1.807, 2.05) is 24.3 Å². The summed E-state index contributed by atoms with van der Waals surface area (Å²) >= 11 is 0. The van der Waals surface area contributed by atoms with Gasteiger partial charge in [0.15, 0.2) is 24.1 Å². The van der Waals surface area contributed by atoms with Gasteiger partial charge in [-0.15, -0.1) is 0 Å². The lowest BCUT2D eigenvalue weighted by molar-refractivity contribution is -0.212. The number of aliphatic hydroxyl groups excluding tert-OH is 1. The van der Waals surface area contributed by atoms with Gasteiger partial charge in [-0.1, -0.05) is 29.8 Å². The lowest BCUT2D eigenvalue weighted by Gasteiger charge is -2.41. The molecule has 1 heterocycles. The lowest BCUT2D eigenvalue weighted by Crippen LogP contribution is -2.53. The van der Waals surface area contributed by atoms with Crippen molar-refractivity contribution in [3.8, 4) is 0 Å². The summed E-state index contributed by atoms with van der Waals surface area (Å²) in [5, 5.41) is 9.79. The van der Waals surface area contributed by atoms with Crippen LogP contribution < -0.4 is 0 Å². The van der Waals surface area contributed by atoms with Gasteiger partial charge in [-0.05, 0) is 42.9 Å². The maximum Gasteiger partial charge on any atom is 0.307 e. The maximum absolute atomic E-state index is 12.1. The summed E-state index contributed by atoms with van der Waals surface area (Å²) < 4.78 is 27.5. The molecule has 0 radical (unpaired) electrons. The van der Waals surface area contributed by atoms with E-state index in [1.54, 1.807) is 6.07 Å². The van der Waals surface area contributed by atoms with Gasteiger partial charge in [-0.2, -0.15) is 0 Å². The normalized spacial score (nSPS) is 26.5. The number of allylic oxidation sites excluding steroid dienone is 1. The highest BCUT2D eigenvalue weighted by molar-refractivity contribution is 5.69. The highest BCUT2D eigenvalue weighted by atomic mass is 16.6. The third kappa shape index (κ3) is 7.91. The molecule has 0 bridgehead atoms. The number of esters is 4. The first-order valence-corrected chi connectivity index (χ1v) is 12.1. The Balaban J connectivity index is 2.05. The molecule has 1 saturated heterocycles. The van der Waals surface area contributed by atoms with Crippen LogP contribution in [0.2, 0.25) is 0 Å². The van der Waals surface area contributed by atoms with Crippen molar-refractivity contribution in [2.45, 2.75) is 83.9 Å². The second-order valence-electron chi connectivity index (χ2n) is 9.05. The molecular weight excluding hydrogens is 484 g/mol. The Hall–Kier alpha value is -3.66. The Morgan fingerprint density at radius 1 is 0.892 bits per heavy atom. The van der Waals surface area contributed by atoms with E-state index in [2.05, 4.69) is 0 Å². The molecule has 0 spiro atoms. The molecule has 1 aromatic carbocycles. The van der Waals surface area contributed by atoms with Gasteiger partial charge >= 0.3 is 23.9 Å². The fourth-order valence-corrected chi connectivity index (χ4v) is 4.40. The molecule has 2 aliphatic rings. The van der Waals surface area contributed by atoms with E-state index in [0.29, 0.717) is 18.4 Å². The SMILES string of the molecule is CC(=O)O/C=C1\O[C@@H](c2cccc(C=C3CCC(O)CC3)c2)[C@H](OC(C)=O)[C@@H](OC(C)=O)[C@@H]1OC(C)=O. The summed E-state index contributed by atoms with van der Waals surface area (Å²) in [6.45, 7) is 4.71. The van der Waals surface area contributed by atoms with E-state index in [-0.39, 0.29) is 11.9 Å². The van der Waals surface area contributed by atoms with Crippen LogP contribution in [0.4, 0.5) is 0 Å². The molecule has 1 aromatic rings. The Morgan fingerprint density at radius 2 is 1.51 bits per heavy atom. The van der Waals surface area contributed by atoms with Crippen molar-refractivity contribution < 1.29 is 48.0 Å². The number of ether oxygens (including phenoxy) is 5. The van der Waals surface area contributed by atoms with Gasteiger partial charge in [0, 0.05) is 27.7 Å². The number of rotatable bonds is 6. The smallest absolute Gasteiger partial charge is 0.307 e. The minimum absolute atomic E-state index is 0.0879. The second kappa shape index (κ2) is 12.5. The first-order chi connectivity index (χ1) is 17.5. The summed E-state index contributed by atoms with van der Waals surface area (Å²) in [6, 6.07) is 7.32. The maximum atomic E-state index is 12.1. The molecule has 10 heteroatoms. The van der Waals surface area contributed by atoms with Crippen molar-refractivity contribution in [1.29, 1.82) is 0 Å². The van der Waals surface area contributed by atoms with Crippen molar-refractivity contribution in [3.63, 3.8) is 0 Å². The highest BCUT2D eigenvalue weighted by Crippen LogP contribution is 2.39. The summed E-state index contributed by atoms with van der Waals surface area (Å²) in [7, 11) is 0. The van der Waals surface area contributed by atoms with Crippen molar-refractivity contribution in [2.75, 3.05) is 0 Å². The molecule has 1 saturated carbocycles. The van der Waals surface area contributed by atoms with Gasteiger partial charge in [0.25, 0.3) is 0 Å². The predicted molar refractivity (Wildman–Crippen MR) is 129 cm³/mol. The predicted octanol–water partition coefficient (Wildman–Crippen LogP) is 3.28. The Morgan fingerprint density at radius 3 is 2.11 bits per heavy atom. The molecule has 4 atom stereocenters. The van der Waals surface area contributed by atoms with E-state index in [9.17, 15) is 24.3 Å². The molecule has 3 rings (SSSR count). The van der Waals surface area contributed by atoms with Crippen molar-refractivity contribution in [1.82, 2.24) is 0 Å². The minimum Gasteiger partial charge on any atom is -0.479 e. The van der Waals surface area contributed by atoms with Crippen LogP contribution in [-0.2, 0) is 42.9 Å². The average molecular weight is 517 g/mol. The zero-order valence-corrected chi connectivity index (χ0v) is 21.3. The Kier molecular flexibility index (Phi) is 9.46. The topological polar surface area (TPSA) is 135 Å².